The molecule has 4 rings (SSSR count). The van der Waals surface area contributed by atoms with E-state index in [2.05, 4.69) is 9.72 Å². The second-order valence-electron chi connectivity index (χ2n) is 7.94. The number of ketones is 1. The van der Waals surface area contributed by atoms with Crippen LogP contribution < -0.4 is 4.74 Å². The largest absolute Gasteiger partial charge is 0.573 e. The molecule has 0 bridgehead atoms. The van der Waals surface area contributed by atoms with E-state index in [1.807, 2.05) is 31.2 Å². The van der Waals surface area contributed by atoms with Crippen molar-refractivity contribution in [2.45, 2.75) is 39.0 Å². The summed E-state index contributed by atoms with van der Waals surface area (Å²) in [5.74, 6) is -0.214. The van der Waals surface area contributed by atoms with Crippen LogP contribution in [0, 0.1) is 0 Å². The number of aryl methyl sites for hydroxylation is 2. The van der Waals surface area contributed by atoms with Gasteiger partial charge in [-0.15, -0.1) is 13.2 Å². The van der Waals surface area contributed by atoms with Crippen LogP contribution in [-0.2, 0) is 19.3 Å². The Morgan fingerprint density at radius 1 is 1.00 bits per heavy atom. The molecule has 176 valence electrons. The van der Waals surface area contributed by atoms with Crippen LogP contribution in [-0.4, -0.2) is 21.5 Å². The predicted octanol–water partition coefficient (Wildman–Crippen LogP) is 6.86. The van der Waals surface area contributed by atoms with Crippen molar-refractivity contribution >= 4 is 23.0 Å². The zero-order valence-electron chi connectivity index (χ0n) is 18.4. The summed E-state index contributed by atoms with van der Waals surface area (Å²) in [5.41, 5.74) is 4.94. The molecule has 2 aromatic carbocycles. The number of aromatic nitrogens is 2. The highest BCUT2D eigenvalue weighted by atomic mass is 35.5. The van der Waals surface area contributed by atoms with Crippen LogP contribution in [0.15, 0.2) is 66.9 Å². The van der Waals surface area contributed by atoms with Gasteiger partial charge in [0, 0.05) is 23.7 Å². The summed E-state index contributed by atoms with van der Waals surface area (Å²) in [6.07, 6.45) is -0.756. The molecule has 0 radical (unpaired) electrons. The lowest BCUT2D eigenvalue weighted by Crippen LogP contribution is -2.17. The van der Waals surface area contributed by atoms with Crippen molar-refractivity contribution in [3.05, 3.63) is 100.0 Å². The molecule has 0 saturated heterocycles. The molecule has 0 saturated carbocycles. The molecule has 2 heterocycles. The van der Waals surface area contributed by atoms with Crippen molar-refractivity contribution in [1.29, 1.82) is 0 Å². The highest BCUT2D eigenvalue weighted by Gasteiger charge is 2.30. The van der Waals surface area contributed by atoms with Crippen LogP contribution in [0.4, 0.5) is 13.2 Å². The first kappa shape index (κ1) is 23.8. The van der Waals surface area contributed by atoms with Crippen LogP contribution in [0.2, 0.25) is 5.02 Å². The summed E-state index contributed by atoms with van der Waals surface area (Å²) in [5, 5.41) is 0.574. The summed E-state index contributed by atoms with van der Waals surface area (Å²) in [7, 11) is 0. The zero-order chi connectivity index (χ0) is 24.3. The minimum atomic E-state index is -4.70. The summed E-state index contributed by atoms with van der Waals surface area (Å²) < 4.78 is 42.6. The molecule has 0 unspecified atom stereocenters. The van der Waals surface area contributed by atoms with E-state index in [0.29, 0.717) is 42.0 Å². The Morgan fingerprint density at radius 3 is 2.24 bits per heavy atom. The molecule has 0 amide bonds. The molecule has 2 aromatic heterocycles. The standard InChI is InChI=1S/C26H22ClF3N2O2/c1-2-22-25(32-14-13-20(27)16-24(32)31-22)23(33)12-9-17-3-5-18(6-4-17)15-19-7-10-21(11-8-19)34-26(28,29)30/h3-8,10-11,13-14,16H,2,9,12,15H2,1H3. The fourth-order valence-electron chi connectivity index (χ4n) is 3.86. The number of alkyl halides is 3. The molecule has 0 N–H and O–H groups in total. The number of hydrogen-bond acceptors (Lipinski definition) is 3. The molecular weight excluding hydrogens is 465 g/mol. The number of pyridine rings is 1. The van der Waals surface area contributed by atoms with Gasteiger partial charge in [-0.2, -0.15) is 0 Å². The number of hydrogen-bond donors (Lipinski definition) is 0. The van der Waals surface area contributed by atoms with Gasteiger partial charge in [-0.1, -0.05) is 54.9 Å². The fourth-order valence-corrected chi connectivity index (χ4v) is 4.01. The van der Waals surface area contributed by atoms with E-state index in [1.54, 1.807) is 34.9 Å². The van der Waals surface area contributed by atoms with E-state index in [0.717, 1.165) is 22.4 Å². The number of carbonyl (C=O) groups excluding carboxylic acids is 1. The Kier molecular flexibility index (Phi) is 6.93. The van der Waals surface area contributed by atoms with E-state index < -0.39 is 6.36 Å². The van der Waals surface area contributed by atoms with Gasteiger partial charge < -0.3 is 4.74 Å². The number of Topliss-reactive ketones (excluding diaryl/α,β-unsaturated/α-hetero) is 1. The first-order valence-electron chi connectivity index (χ1n) is 10.8. The molecule has 0 spiro atoms. The van der Waals surface area contributed by atoms with Crippen LogP contribution in [0.1, 0.15) is 46.2 Å². The number of fused-ring (bicyclic) bond motifs is 1. The third-order valence-electron chi connectivity index (χ3n) is 5.49. The average Bonchev–Trinajstić information content (AvgIpc) is 3.16. The van der Waals surface area contributed by atoms with Crippen LogP contribution in [0.5, 0.6) is 5.75 Å². The van der Waals surface area contributed by atoms with Crippen molar-refractivity contribution < 1.29 is 22.7 Å². The lowest BCUT2D eigenvalue weighted by molar-refractivity contribution is -0.274. The predicted molar refractivity (Wildman–Crippen MR) is 125 cm³/mol. The first-order valence-corrected chi connectivity index (χ1v) is 11.2. The lowest BCUT2D eigenvalue weighted by atomic mass is 10.0. The summed E-state index contributed by atoms with van der Waals surface area (Å²) in [6, 6.07) is 17.2. The van der Waals surface area contributed by atoms with E-state index >= 15 is 0 Å². The average molecular weight is 487 g/mol. The fraction of sp³-hybridized carbons (Fsp3) is 0.231. The molecule has 8 heteroatoms. The van der Waals surface area contributed by atoms with Crippen LogP contribution in [0.25, 0.3) is 5.65 Å². The number of carbonyl (C=O) groups is 1. The number of benzene rings is 2. The highest BCUT2D eigenvalue weighted by Crippen LogP contribution is 2.24. The zero-order valence-corrected chi connectivity index (χ0v) is 19.2. The Labute approximate surface area is 200 Å². The highest BCUT2D eigenvalue weighted by molar-refractivity contribution is 6.30. The second kappa shape index (κ2) is 9.89. The van der Waals surface area contributed by atoms with Crippen molar-refractivity contribution in [3.63, 3.8) is 0 Å². The van der Waals surface area contributed by atoms with Gasteiger partial charge in [-0.3, -0.25) is 9.20 Å². The number of ether oxygens (including phenoxy) is 1. The second-order valence-corrected chi connectivity index (χ2v) is 8.38. The molecule has 4 nitrogen and oxygen atoms in total. The smallest absolute Gasteiger partial charge is 0.406 e. The van der Waals surface area contributed by atoms with Gasteiger partial charge in [0.05, 0.1) is 5.69 Å². The first-order chi connectivity index (χ1) is 16.2. The van der Waals surface area contributed by atoms with E-state index in [9.17, 15) is 18.0 Å². The van der Waals surface area contributed by atoms with Gasteiger partial charge >= 0.3 is 6.36 Å². The third-order valence-corrected chi connectivity index (χ3v) is 5.72. The summed E-state index contributed by atoms with van der Waals surface area (Å²) >= 11 is 6.05. The number of halogens is 4. The van der Waals surface area contributed by atoms with E-state index in [-0.39, 0.29) is 11.5 Å². The van der Waals surface area contributed by atoms with Gasteiger partial charge in [0.25, 0.3) is 0 Å². The van der Waals surface area contributed by atoms with Crippen LogP contribution >= 0.6 is 11.6 Å². The quantitative estimate of drug-likeness (QED) is 0.256. The van der Waals surface area contributed by atoms with Crippen molar-refractivity contribution in [1.82, 2.24) is 9.38 Å². The Morgan fingerprint density at radius 2 is 1.62 bits per heavy atom. The number of nitrogens with zero attached hydrogens (tertiary/aromatic N) is 2. The molecule has 0 aliphatic carbocycles. The Hall–Kier alpha value is -3.32. The van der Waals surface area contributed by atoms with Crippen molar-refractivity contribution in [3.8, 4) is 5.75 Å². The lowest BCUT2D eigenvalue weighted by Gasteiger charge is -2.09. The van der Waals surface area contributed by atoms with E-state index in [4.69, 9.17) is 11.6 Å². The Balaban J connectivity index is 1.38. The molecule has 0 fully saturated rings. The number of imidazole rings is 1. The maximum Gasteiger partial charge on any atom is 0.573 e. The van der Waals surface area contributed by atoms with Crippen molar-refractivity contribution in [2.24, 2.45) is 0 Å². The minimum Gasteiger partial charge on any atom is -0.406 e. The third kappa shape index (κ3) is 5.78. The van der Waals surface area contributed by atoms with Gasteiger partial charge in [-0.25, -0.2) is 4.98 Å². The van der Waals surface area contributed by atoms with Gasteiger partial charge in [0.2, 0.25) is 0 Å². The van der Waals surface area contributed by atoms with Crippen molar-refractivity contribution in [2.75, 3.05) is 0 Å². The summed E-state index contributed by atoms with van der Waals surface area (Å²) in [4.78, 5) is 17.5. The number of rotatable bonds is 8. The normalized spacial score (nSPS) is 11.7. The van der Waals surface area contributed by atoms with Gasteiger partial charge in [0.15, 0.2) is 5.78 Å². The van der Waals surface area contributed by atoms with E-state index in [1.165, 1.54) is 12.1 Å². The Bertz CT molecular complexity index is 1300. The van der Waals surface area contributed by atoms with Gasteiger partial charge in [-0.05, 0) is 54.2 Å². The molecule has 0 atom stereocenters. The monoisotopic (exact) mass is 486 g/mol. The molecular formula is C26H22ClF3N2O2. The molecule has 34 heavy (non-hydrogen) atoms. The SMILES string of the molecule is CCc1nc2cc(Cl)ccn2c1C(=O)CCc1ccc(Cc2ccc(OC(F)(F)F)cc2)cc1. The topological polar surface area (TPSA) is 43.6 Å². The van der Waals surface area contributed by atoms with Crippen LogP contribution in [0.3, 0.4) is 0 Å². The van der Waals surface area contributed by atoms with Gasteiger partial charge in [0.1, 0.15) is 17.1 Å². The molecule has 4 aromatic rings. The molecule has 0 aliphatic rings. The molecule has 0 aliphatic heterocycles. The summed E-state index contributed by atoms with van der Waals surface area (Å²) in [6.45, 7) is 1.97. The maximum atomic E-state index is 13.0. The maximum absolute atomic E-state index is 13.0. The minimum absolute atomic E-state index is 0.0249.